The van der Waals surface area contributed by atoms with E-state index in [0.29, 0.717) is 0 Å². The number of rotatable bonds is 0. The van der Waals surface area contributed by atoms with Gasteiger partial charge in [0.15, 0.2) is 0 Å². The van der Waals surface area contributed by atoms with Crippen molar-refractivity contribution in [2.75, 3.05) is 0 Å². The van der Waals surface area contributed by atoms with Gasteiger partial charge in [0, 0.05) is 11.6 Å². The summed E-state index contributed by atoms with van der Waals surface area (Å²) in [4.78, 5) is 4.32. The van der Waals surface area contributed by atoms with Crippen LogP contribution in [0.15, 0.2) is 30.5 Å². The van der Waals surface area contributed by atoms with Crippen molar-refractivity contribution in [2.24, 2.45) is 0 Å². The standard InChI is InChI=1S/C11H11N.2C2H6/c1-8-6-9(2)11-10(7-8)4-3-5-12-11;2*1-2/h3-7H,1-2H3;2*1-2H3. The topological polar surface area (TPSA) is 12.9 Å². The van der Waals surface area contributed by atoms with Crippen molar-refractivity contribution in [3.8, 4) is 0 Å². The highest BCUT2D eigenvalue weighted by molar-refractivity contribution is 5.82. The van der Waals surface area contributed by atoms with Crippen molar-refractivity contribution < 1.29 is 0 Å². The van der Waals surface area contributed by atoms with Crippen LogP contribution in [-0.4, -0.2) is 4.98 Å². The third kappa shape index (κ3) is 3.65. The van der Waals surface area contributed by atoms with Crippen molar-refractivity contribution in [3.63, 3.8) is 0 Å². The first-order chi connectivity index (χ1) is 7.77. The maximum absolute atomic E-state index is 4.32. The molecule has 16 heavy (non-hydrogen) atoms. The van der Waals surface area contributed by atoms with E-state index in [1.807, 2.05) is 40.0 Å². The Morgan fingerprint density at radius 2 is 1.56 bits per heavy atom. The van der Waals surface area contributed by atoms with Gasteiger partial charge in [-0.25, -0.2) is 0 Å². The summed E-state index contributed by atoms with van der Waals surface area (Å²) in [6.07, 6.45) is 1.84. The second-order valence-electron chi connectivity index (χ2n) is 3.16. The minimum Gasteiger partial charge on any atom is -0.256 e. The predicted octanol–water partition coefficient (Wildman–Crippen LogP) is 4.90. The zero-order chi connectivity index (χ0) is 12.6. The molecule has 0 saturated carbocycles. The lowest BCUT2D eigenvalue weighted by Crippen LogP contribution is -1.83. The first-order valence-corrected chi connectivity index (χ1v) is 6.09. The van der Waals surface area contributed by atoms with Gasteiger partial charge in [-0.2, -0.15) is 0 Å². The van der Waals surface area contributed by atoms with Gasteiger partial charge >= 0.3 is 0 Å². The molecule has 0 unspecified atom stereocenters. The van der Waals surface area contributed by atoms with E-state index in [4.69, 9.17) is 0 Å². The van der Waals surface area contributed by atoms with Gasteiger partial charge in [0.05, 0.1) is 5.52 Å². The quantitative estimate of drug-likeness (QED) is 0.611. The van der Waals surface area contributed by atoms with E-state index in [2.05, 4.69) is 37.0 Å². The van der Waals surface area contributed by atoms with Gasteiger partial charge in [-0.05, 0) is 31.5 Å². The van der Waals surface area contributed by atoms with Crippen LogP contribution in [0.25, 0.3) is 10.9 Å². The molecule has 0 bridgehead atoms. The van der Waals surface area contributed by atoms with Gasteiger partial charge in [-0.3, -0.25) is 4.98 Å². The zero-order valence-corrected chi connectivity index (χ0v) is 11.3. The number of pyridine rings is 1. The summed E-state index contributed by atoms with van der Waals surface area (Å²) in [5.74, 6) is 0. The lowest BCUT2D eigenvalue weighted by molar-refractivity contribution is 1.34. The van der Waals surface area contributed by atoms with Crippen molar-refractivity contribution in [1.82, 2.24) is 4.98 Å². The molecule has 2 aromatic rings. The number of hydrogen-bond donors (Lipinski definition) is 0. The van der Waals surface area contributed by atoms with Gasteiger partial charge < -0.3 is 0 Å². The van der Waals surface area contributed by atoms with Crippen LogP contribution in [-0.2, 0) is 0 Å². The van der Waals surface area contributed by atoms with Crippen LogP contribution in [0, 0.1) is 13.8 Å². The first-order valence-electron chi connectivity index (χ1n) is 6.09. The molecule has 1 nitrogen and oxygen atoms in total. The smallest absolute Gasteiger partial charge is 0.0731 e. The predicted molar refractivity (Wildman–Crippen MR) is 73.9 cm³/mol. The van der Waals surface area contributed by atoms with E-state index < -0.39 is 0 Å². The Kier molecular flexibility index (Phi) is 7.19. The molecule has 88 valence electrons. The Morgan fingerprint density at radius 3 is 2.19 bits per heavy atom. The lowest BCUT2D eigenvalue weighted by atomic mass is 10.1. The maximum Gasteiger partial charge on any atom is 0.0731 e. The molecule has 0 spiro atoms. The Morgan fingerprint density at radius 1 is 0.938 bits per heavy atom. The highest BCUT2D eigenvalue weighted by atomic mass is 14.6. The Bertz CT molecular complexity index is 419. The molecule has 1 aromatic carbocycles. The average molecular weight is 217 g/mol. The highest BCUT2D eigenvalue weighted by Gasteiger charge is 1.97. The summed E-state index contributed by atoms with van der Waals surface area (Å²) in [7, 11) is 0. The van der Waals surface area contributed by atoms with Crippen molar-refractivity contribution in [3.05, 3.63) is 41.6 Å². The number of hydrogen-bond acceptors (Lipinski definition) is 1. The normalized spacial score (nSPS) is 8.62. The van der Waals surface area contributed by atoms with E-state index in [9.17, 15) is 0 Å². The molecule has 0 N–H and O–H groups in total. The van der Waals surface area contributed by atoms with Crippen LogP contribution in [0.3, 0.4) is 0 Å². The molecule has 0 saturated heterocycles. The van der Waals surface area contributed by atoms with E-state index >= 15 is 0 Å². The molecule has 2 rings (SSSR count). The molecule has 0 atom stereocenters. The van der Waals surface area contributed by atoms with Gasteiger partial charge in [0.25, 0.3) is 0 Å². The summed E-state index contributed by atoms with van der Waals surface area (Å²) < 4.78 is 0. The summed E-state index contributed by atoms with van der Waals surface area (Å²) in [5.41, 5.74) is 3.67. The van der Waals surface area contributed by atoms with Gasteiger partial charge in [0.1, 0.15) is 0 Å². The van der Waals surface area contributed by atoms with Gasteiger partial charge in [0.2, 0.25) is 0 Å². The molecule has 0 aliphatic heterocycles. The van der Waals surface area contributed by atoms with Crippen LogP contribution in [0.2, 0.25) is 0 Å². The fraction of sp³-hybridized carbons (Fsp3) is 0.400. The Balaban J connectivity index is 0.000000509. The van der Waals surface area contributed by atoms with E-state index in [0.717, 1.165) is 5.52 Å². The summed E-state index contributed by atoms with van der Waals surface area (Å²) in [6, 6.07) is 8.40. The highest BCUT2D eigenvalue weighted by Crippen LogP contribution is 2.17. The minimum atomic E-state index is 1.11. The minimum absolute atomic E-state index is 1.11. The number of fused-ring (bicyclic) bond motifs is 1. The molecule has 0 amide bonds. The number of aromatic nitrogens is 1. The Labute approximate surface area is 99.5 Å². The number of aryl methyl sites for hydroxylation is 2. The largest absolute Gasteiger partial charge is 0.256 e. The first kappa shape index (κ1) is 14.6. The van der Waals surface area contributed by atoms with Crippen molar-refractivity contribution in [2.45, 2.75) is 41.5 Å². The SMILES string of the molecule is CC.CC.Cc1cc(C)c2ncccc2c1. The van der Waals surface area contributed by atoms with Crippen LogP contribution in [0.1, 0.15) is 38.8 Å². The zero-order valence-electron chi connectivity index (χ0n) is 11.3. The molecule has 1 aromatic heterocycles. The molecule has 0 aliphatic carbocycles. The van der Waals surface area contributed by atoms with E-state index in [-0.39, 0.29) is 0 Å². The Hall–Kier alpha value is -1.37. The monoisotopic (exact) mass is 217 g/mol. The lowest BCUT2D eigenvalue weighted by Gasteiger charge is -2.01. The van der Waals surface area contributed by atoms with Crippen molar-refractivity contribution >= 4 is 10.9 Å². The summed E-state index contributed by atoms with van der Waals surface area (Å²) >= 11 is 0. The molecule has 0 aliphatic rings. The fourth-order valence-electron chi connectivity index (χ4n) is 1.56. The molecule has 1 heterocycles. The van der Waals surface area contributed by atoms with Crippen LogP contribution < -0.4 is 0 Å². The molecule has 1 heteroatoms. The third-order valence-electron chi connectivity index (χ3n) is 2.04. The van der Waals surface area contributed by atoms with E-state index in [1.54, 1.807) is 0 Å². The molecule has 0 radical (unpaired) electrons. The molecule has 0 fully saturated rings. The number of nitrogens with zero attached hydrogens (tertiary/aromatic N) is 1. The number of benzene rings is 1. The fourth-order valence-corrected chi connectivity index (χ4v) is 1.56. The molecular weight excluding hydrogens is 194 g/mol. The van der Waals surface area contributed by atoms with E-state index in [1.165, 1.54) is 16.5 Å². The second kappa shape index (κ2) is 7.86. The summed E-state index contributed by atoms with van der Waals surface area (Å²) in [5, 5.41) is 1.23. The van der Waals surface area contributed by atoms with Crippen LogP contribution in [0.4, 0.5) is 0 Å². The maximum atomic E-state index is 4.32. The van der Waals surface area contributed by atoms with Gasteiger partial charge in [-0.1, -0.05) is 45.4 Å². The van der Waals surface area contributed by atoms with Gasteiger partial charge in [-0.15, -0.1) is 0 Å². The van der Waals surface area contributed by atoms with Crippen LogP contribution in [0.5, 0.6) is 0 Å². The van der Waals surface area contributed by atoms with Crippen molar-refractivity contribution in [1.29, 1.82) is 0 Å². The third-order valence-corrected chi connectivity index (χ3v) is 2.04. The molecular formula is C15H23N. The van der Waals surface area contributed by atoms with Crippen LogP contribution >= 0.6 is 0 Å². The second-order valence-corrected chi connectivity index (χ2v) is 3.16. The summed E-state index contributed by atoms with van der Waals surface area (Å²) in [6.45, 7) is 12.2. The average Bonchev–Trinajstić information content (AvgIpc) is 2.34.